The van der Waals surface area contributed by atoms with Crippen molar-refractivity contribution in [3.05, 3.63) is 33.6 Å². The molecule has 0 radical (unpaired) electrons. The van der Waals surface area contributed by atoms with Crippen LogP contribution in [0.1, 0.15) is 32.4 Å². The summed E-state index contributed by atoms with van der Waals surface area (Å²) in [6.07, 6.45) is 0. The molecule has 112 valence electrons. The van der Waals surface area contributed by atoms with Crippen LogP contribution in [0.4, 0.5) is 4.39 Å². The lowest BCUT2D eigenvalue weighted by atomic mass is 10.0. The second-order valence-electron chi connectivity index (χ2n) is 4.79. The average Bonchev–Trinajstić information content (AvgIpc) is 2.38. The topological polar surface area (TPSA) is 40.5 Å². The molecule has 1 aromatic carbocycles. The lowest BCUT2D eigenvalue weighted by molar-refractivity contribution is -0.141. The highest BCUT2D eigenvalue weighted by Crippen LogP contribution is 2.31. The molecule has 0 spiro atoms. The molecule has 2 atom stereocenters. The van der Waals surface area contributed by atoms with Gasteiger partial charge in [0.15, 0.2) is 0 Å². The Hall–Kier alpha value is -0.840. The first kappa shape index (κ1) is 17.2. The molecule has 6 heteroatoms. The predicted octanol–water partition coefficient (Wildman–Crippen LogP) is 4.24. The first-order chi connectivity index (χ1) is 9.27. The van der Waals surface area contributed by atoms with Gasteiger partial charge in [-0.1, -0.05) is 37.0 Å². The summed E-state index contributed by atoms with van der Waals surface area (Å²) < 4.78 is 13.6. The first-order valence-electron chi connectivity index (χ1n) is 6.39. The van der Waals surface area contributed by atoms with E-state index in [1.807, 2.05) is 18.7 Å². The zero-order valence-corrected chi connectivity index (χ0v) is 13.2. The second-order valence-corrected chi connectivity index (χ2v) is 5.61. The standard InChI is InChI=1S/C14H18Cl2FNO2/c1-4-18(7-8(2)14(19)20)9(3)10-5-13(17)12(16)6-11(10)15/h5-6,8-9H,4,7H2,1-3H3,(H,19,20). The van der Waals surface area contributed by atoms with Gasteiger partial charge >= 0.3 is 5.97 Å². The molecular formula is C14H18Cl2FNO2. The summed E-state index contributed by atoms with van der Waals surface area (Å²) in [5.74, 6) is -1.89. The van der Waals surface area contributed by atoms with Crippen molar-refractivity contribution in [2.24, 2.45) is 5.92 Å². The van der Waals surface area contributed by atoms with Crippen LogP contribution >= 0.6 is 23.2 Å². The third-order valence-electron chi connectivity index (χ3n) is 3.37. The molecule has 2 unspecified atom stereocenters. The third-order valence-corrected chi connectivity index (χ3v) is 3.99. The Labute approximate surface area is 128 Å². The van der Waals surface area contributed by atoms with Crippen LogP contribution in [0, 0.1) is 11.7 Å². The largest absolute Gasteiger partial charge is 0.481 e. The van der Waals surface area contributed by atoms with Gasteiger partial charge in [0.25, 0.3) is 0 Å². The predicted molar refractivity (Wildman–Crippen MR) is 78.9 cm³/mol. The Bertz CT molecular complexity index is 496. The van der Waals surface area contributed by atoms with E-state index in [2.05, 4.69) is 0 Å². The van der Waals surface area contributed by atoms with Crippen LogP contribution in [0.2, 0.25) is 10.0 Å². The van der Waals surface area contributed by atoms with E-state index in [9.17, 15) is 9.18 Å². The van der Waals surface area contributed by atoms with Gasteiger partial charge in [0.05, 0.1) is 10.9 Å². The molecule has 0 aromatic heterocycles. The lowest BCUT2D eigenvalue weighted by Crippen LogP contribution is -2.34. The lowest BCUT2D eigenvalue weighted by Gasteiger charge is -2.30. The third kappa shape index (κ3) is 4.08. The van der Waals surface area contributed by atoms with Crippen molar-refractivity contribution in [1.82, 2.24) is 4.90 Å². The minimum atomic E-state index is -0.857. The van der Waals surface area contributed by atoms with Crippen molar-refractivity contribution < 1.29 is 14.3 Å². The molecule has 0 aliphatic rings. The quantitative estimate of drug-likeness (QED) is 0.797. The number of benzene rings is 1. The smallest absolute Gasteiger partial charge is 0.307 e. The molecule has 0 saturated heterocycles. The van der Waals surface area contributed by atoms with Crippen LogP contribution in [0.15, 0.2) is 12.1 Å². The monoisotopic (exact) mass is 321 g/mol. The number of hydrogen-bond donors (Lipinski definition) is 1. The van der Waals surface area contributed by atoms with Crippen LogP contribution in [-0.2, 0) is 4.79 Å². The molecule has 1 aromatic rings. The van der Waals surface area contributed by atoms with Crippen LogP contribution < -0.4 is 0 Å². The fraction of sp³-hybridized carbons (Fsp3) is 0.500. The van der Waals surface area contributed by atoms with Gasteiger partial charge in [-0.05, 0) is 31.2 Å². The Morgan fingerprint density at radius 3 is 2.45 bits per heavy atom. The second kappa shape index (κ2) is 7.25. The van der Waals surface area contributed by atoms with Gasteiger partial charge < -0.3 is 5.11 Å². The van der Waals surface area contributed by atoms with Crippen LogP contribution in [0.3, 0.4) is 0 Å². The van der Waals surface area contributed by atoms with Crippen molar-refractivity contribution in [2.45, 2.75) is 26.8 Å². The molecule has 0 fully saturated rings. The van der Waals surface area contributed by atoms with Gasteiger partial charge in [-0.2, -0.15) is 0 Å². The highest BCUT2D eigenvalue weighted by atomic mass is 35.5. The van der Waals surface area contributed by atoms with Crippen molar-refractivity contribution in [1.29, 1.82) is 0 Å². The summed E-state index contributed by atoms with van der Waals surface area (Å²) in [5.41, 5.74) is 0.605. The molecule has 0 aliphatic heterocycles. The minimum absolute atomic E-state index is 0.0205. The van der Waals surface area contributed by atoms with Crippen LogP contribution in [0.5, 0.6) is 0 Å². The average molecular weight is 322 g/mol. The molecule has 0 saturated carbocycles. The zero-order chi connectivity index (χ0) is 15.4. The van der Waals surface area contributed by atoms with Gasteiger partial charge in [-0.25, -0.2) is 4.39 Å². The Balaban J connectivity index is 2.99. The van der Waals surface area contributed by atoms with Gasteiger partial charge in [-0.3, -0.25) is 9.69 Å². The molecule has 0 amide bonds. The van der Waals surface area contributed by atoms with Gasteiger partial charge in [0.2, 0.25) is 0 Å². The molecule has 1 rings (SSSR count). The van der Waals surface area contributed by atoms with Crippen molar-refractivity contribution >= 4 is 29.2 Å². The number of nitrogens with zero attached hydrogens (tertiary/aromatic N) is 1. The maximum Gasteiger partial charge on any atom is 0.307 e. The molecule has 1 N–H and O–H groups in total. The summed E-state index contributed by atoms with van der Waals surface area (Å²) in [6.45, 7) is 6.44. The summed E-state index contributed by atoms with van der Waals surface area (Å²) >= 11 is 11.8. The number of rotatable bonds is 6. The number of aliphatic carboxylic acids is 1. The molecule has 0 aliphatic carbocycles. The van der Waals surface area contributed by atoms with E-state index in [1.165, 1.54) is 12.1 Å². The summed E-state index contributed by atoms with van der Waals surface area (Å²) in [7, 11) is 0. The van der Waals surface area contributed by atoms with E-state index in [-0.39, 0.29) is 11.1 Å². The molecule has 3 nitrogen and oxygen atoms in total. The van der Waals surface area contributed by atoms with E-state index in [0.717, 1.165) is 0 Å². The van der Waals surface area contributed by atoms with E-state index in [1.54, 1.807) is 6.92 Å². The number of carboxylic acids is 1. The zero-order valence-electron chi connectivity index (χ0n) is 11.7. The summed E-state index contributed by atoms with van der Waals surface area (Å²) in [4.78, 5) is 12.9. The number of halogens is 3. The van der Waals surface area contributed by atoms with Gasteiger partial charge in [0, 0.05) is 17.6 Å². The van der Waals surface area contributed by atoms with Crippen molar-refractivity contribution in [2.75, 3.05) is 13.1 Å². The SMILES string of the molecule is CCN(CC(C)C(=O)O)C(C)c1cc(F)c(Cl)cc1Cl. The van der Waals surface area contributed by atoms with Crippen molar-refractivity contribution in [3.8, 4) is 0 Å². The maximum absolute atomic E-state index is 13.6. The van der Waals surface area contributed by atoms with E-state index in [0.29, 0.717) is 23.7 Å². The summed E-state index contributed by atoms with van der Waals surface area (Å²) in [5, 5.41) is 9.34. The van der Waals surface area contributed by atoms with E-state index in [4.69, 9.17) is 28.3 Å². The highest BCUT2D eigenvalue weighted by Gasteiger charge is 2.22. The number of hydrogen-bond acceptors (Lipinski definition) is 2. The molecule has 20 heavy (non-hydrogen) atoms. The Morgan fingerprint density at radius 2 is 1.95 bits per heavy atom. The maximum atomic E-state index is 13.6. The normalized spacial score (nSPS) is 14.3. The molecule has 0 heterocycles. The fourth-order valence-electron chi connectivity index (χ4n) is 2.05. The molecular weight excluding hydrogens is 304 g/mol. The van der Waals surface area contributed by atoms with Crippen LogP contribution in [-0.4, -0.2) is 29.1 Å². The van der Waals surface area contributed by atoms with Crippen molar-refractivity contribution in [3.63, 3.8) is 0 Å². The first-order valence-corrected chi connectivity index (χ1v) is 7.14. The van der Waals surface area contributed by atoms with E-state index >= 15 is 0 Å². The number of carboxylic acid groups (broad SMARTS) is 1. The van der Waals surface area contributed by atoms with Crippen LogP contribution in [0.25, 0.3) is 0 Å². The Morgan fingerprint density at radius 1 is 1.35 bits per heavy atom. The summed E-state index contributed by atoms with van der Waals surface area (Å²) in [6, 6.07) is 2.49. The number of carbonyl (C=O) groups is 1. The van der Waals surface area contributed by atoms with Gasteiger partial charge in [-0.15, -0.1) is 0 Å². The highest BCUT2D eigenvalue weighted by molar-refractivity contribution is 6.35. The minimum Gasteiger partial charge on any atom is -0.481 e. The van der Waals surface area contributed by atoms with Gasteiger partial charge in [0.1, 0.15) is 5.82 Å². The fourth-order valence-corrected chi connectivity index (χ4v) is 2.59. The Kier molecular flexibility index (Phi) is 6.24. The van der Waals surface area contributed by atoms with E-state index < -0.39 is 17.7 Å². The molecule has 0 bridgehead atoms.